The Morgan fingerprint density at radius 3 is 2.67 bits per heavy atom. The minimum Gasteiger partial charge on any atom is -0.504 e. The number of phenols is 2. The largest absolute Gasteiger partial charge is 0.504 e. The van der Waals surface area contributed by atoms with Crippen LogP contribution in [0.3, 0.4) is 0 Å². The van der Waals surface area contributed by atoms with Crippen LogP contribution in [0, 0.1) is 0 Å². The van der Waals surface area contributed by atoms with Crippen molar-refractivity contribution in [1.82, 2.24) is 5.32 Å². The highest BCUT2D eigenvalue weighted by Crippen LogP contribution is 2.27. The Bertz CT molecular complexity index is 368. The molecular weight excluding hydrogens is 208 g/mol. The van der Waals surface area contributed by atoms with Gasteiger partial charge < -0.3 is 15.5 Å². The van der Waals surface area contributed by atoms with Crippen molar-refractivity contribution in [3.8, 4) is 11.5 Å². The summed E-state index contributed by atoms with van der Waals surface area (Å²) in [4.78, 5) is 11.2. The Hall–Kier alpha value is -1.85. The maximum absolute atomic E-state index is 11.8. The van der Waals surface area contributed by atoms with Crippen molar-refractivity contribution >= 4 is 5.91 Å². The van der Waals surface area contributed by atoms with Crippen molar-refractivity contribution in [2.75, 3.05) is 6.54 Å². The Morgan fingerprint density at radius 2 is 2.07 bits per heavy atom. The van der Waals surface area contributed by atoms with E-state index in [2.05, 4.69) is 0 Å². The summed E-state index contributed by atoms with van der Waals surface area (Å²) in [6.07, 6.45) is -2.66. The van der Waals surface area contributed by atoms with E-state index in [1.807, 2.05) is 5.32 Å². The van der Waals surface area contributed by atoms with Crippen molar-refractivity contribution in [3.63, 3.8) is 0 Å². The molecule has 0 saturated carbocycles. The van der Waals surface area contributed by atoms with Crippen LogP contribution in [-0.2, 0) is 0 Å². The van der Waals surface area contributed by atoms with Gasteiger partial charge in [0.15, 0.2) is 11.5 Å². The minimum atomic E-state index is -2.66. The third kappa shape index (κ3) is 2.80. The summed E-state index contributed by atoms with van der Waals surface area (Å²) in [5.41, 5.74) is -0.240. The molecule has 0 aliphatic rings. The fourth-order valence-corrected chi connectivity index (χ4v) is 0.980. The van der Waals surface area contributed by atoms with E-state index in [1.54, 1.807) is 0 Å². The second-order valence-corrected chi connectivity index (χ2v) is 2.77. The van der Waals surface area contributed by atoms with Crippen LogP contribution in [0.5, 0.6) is 11.5 Å². The molecule has 0 aliphatic carbocycles. The van der Waals surface area contributed by atoms with E-state index in [4.69, 9.17) is 5.11 Å². The first-order valence-electron chi connectivity index (χ1n) is 4.09. The van der Waals surface area contributed by atoms with Gasteiger partial charge >= 0.3 is 0 Å². The number of phenolic OH excluding ortho intramolecular Hbond substituents is 2. The molecule has 15 heavy (non-hydrogen) atoms. The first-order valence-corrected chi connectivity index (χ1v) is 4.09. The van der Waals surface area contributed by atoms with Crippen molar-refractivity contribution in [3.05, 3.63) is 23.8 Å². The summed E-state index contributed by atoms with van der Waals surface area (Å²) in [5, 5.41) is 20.2. The van der Waals surface area contributed by atoms with E-state index in [1.165, 1.54) is 18.2 Å². The number of alkyl halides is 2. The fourth-order valence-electron chi connectivity index (χ4n) is 0.980. The van der Waals surface area contributed by atoms with Gasteiger partial charge in [0.05, 0.1) is 12.1 Å². The molecule has 0 heterocycles. The van der Waals surface area contributed by atoms with Gasteiger partial charge in [-0.2, -0.15) is 0 Å². The molecule has 1 rings (SSSR count). The highest BCUT2D eigenvalue weighted by molar-refractivity contribution is 5.97. The Kier molecular flexibility index (Phi) is 3.43. The van der Waals surface area contributed by atoms with Crippen LogP contribution in [0.25, 0.3) is 0 Å². The van der Waals surface area contributed by atoms with Crippen molar-refractivity contribution in [1.29, 1.82) is 0 Å². The molecule has 0 unspecified atom stereocenters. The molecule has 4 nitrogen and oxygen atoms in total. The van der Waals surface area contributed by atoms with Crippen LogP contribution < -0.4 is 5.32 Å². The fraction of sp³-hybridized carbons (Fsp3) is 0.222. The van der Waals surface area contributed by atoms with E-state index < -0.39 is 30.4 Å². The van der Waals surface area contributed by atoms with Crippen LogP contribution >= 0.6 is 0 Å². The zero-order chi connectivity index (χ0) is 11.4. The molecule has 1 aromatic carbocycles. The zero-order valence-corrected chi connectivity index (χ0v) is 7.58. The Morgan fingerprint density at radius 1 is 1.40 bits per heavy atom. The smallest absolute Gasteiger partial charge is 0.255 e. The second kappa shape index (κ2) is 4.59. The summed E-state index contributed by atoms with van der Waals surface area (Å²) in [6.45, 7) is -0.798. The molecule has 0 saturated heterocycles. The monoisotopic (exact) mass is 217 g/mol. The molecule has 82 valence electrons. The van der Waals surface area contributed by atoms with Gasteiger partial charge in [0.1, 0.15) is 0 Å². The molecule has 0 fully saturated rings. The van der Waals surface area contributed by atoms with Crippen molar-refractivity contribution in [2.45, 2.75) is 6.43 Å². The van der Waals surface area contributed by atoms with E-state index in [-0.39, 0.29) is 5.56 Å². The highest BCUT2D eigenvalue weighted by Gasteiger charge is 2.14. The number of benzene rings is 1. The van der Waals surface area contributed by atoms with Crippen LogP contribution in [0.1, 0.15) is 10.4 Å². The van der Waals surface area contributed by atoms with Gasteiger partial charge in [-0.1, -0.05) is 6.07 Å². The third-order valence-electron chi connectivity index (χ3n) is 1.68. The van der Waals surface area contributed by atoms with E-state index in [0.717, 1.165) is 0 Å². The summed E-state index contributed by atoms with van der Waals surface area (Å²) in [5.74, 6) is -1.95. The number of rotatable bonds is 3. The molecule has 0 radical (unpaired) electrons. The molecule has 6 heteroatoms. The molecule has 0 atom stereocenters. The average molecular weight is 217 g/mol. The molecule has 0 bridgehead atoms. The molecular formula is C9H9F2NO3. The van der Waals surface area contributed by atoms with Gasteiger partial charge in [0.25, 0.3) is 12.3 Å². The van der Waals surface area contributed by atoms with Gasteiger partial charge in [-0.25, -0.2) is 8.78 Å². The normalized spacial score (nSPS) is 10.3. The number of para-hydroxylation sites is 1. The zero-order valence-electron chi connectivity index (χ0n) is 7.58. The first-order chi connectivity index (χ1) is 7.02. The lowest BCUT2D eigenvalue weighted by atomic mass is 10.1. The number of hydrogen-bond donors (Lipinski definition) is 3. The lowest BCUT2D eigenvalue weighted by Gasteiger charge is -2.06. The molecule has 0 aliphatic heterocycles. The Balaban J connectivity index is 2.78. The van der Waals surface area contributed by atoms with Gasteiger partial charge in [-0.05, 0) is 12.1 Å². The van der Waals surface area contributed by atoms with Crippen molar-refractivity contribution in [2.24, 2.45) is 0 Å². The molecule has 1 aromatic rings. The van der Waals surface area contributed by atoms with Gasteiger partial charge in [0.2, 0.25) is 0 Å². The first kappa shape index (κ1) is 11.2. The standard InChI is InChI=1S/C9H9F2NO3/c10-7(11)4-12-9(15)5-2-1-3-6(13)8(5)14/h1-3,7,13-14H,4H2,(H,12,15). The lowest BCUT2D eigenvalue weighted by Crippen LogP contribution is -2.28. The summed E-state index contributed by atoms with van der Waals surface area (Å²) < 4.78 is 23.5. The predicted octanol–water partition coefficient (Wildman–Crippen LogP) is 1.09. The number of aromatic hydroxyl groups is 2. The molecule has 0 spiro atoms. The maximum Gasteiger partial charge on any atom is 0.255 e. The predicted molar refractivity (Wildman–Crippen MR) is 48.1 cm³/mol. The molecule has 1 amide bonds. The third-order valence-corrected chi connectivity index (χ3v) is 1.68. The Labute approximate surface area is 84.2 Å². The summed E-state index contributed by atoms with van der Waals surface area (Å²) in [7, 11) is 0. The molecule has 3 N–H and O–H groups in total. The number of carbonyl (C=O) groups excluding carboxylic acids is 1. The van der Waals surface area contributed by atoms with Gasteiger partial charge in [-0.15, -0.1) is 0 Å². The van der Waals surface area contributed by atoms with E-state index in [9.17, 15) is 18.7 Å². The van der Waals surface area contributed by atoms with Crippen LogP contribution in [0.2, 0.25) is 0 Å². The van der Waals surface area contributed by atoms with Crippen LogP contribution in [0.4, 0.5) is 8.78 Å². The number of hydrogen-bond acceptors (Lipinski definition) is 3. The van der Waals surface area contributed by atoms with E-state index in [0.29, 0.717) is 0 Å². The summed E-state index contributed by atoms with van der Waals surface area (Å²) in [6, 6.07) is 3.72. The van der Waals surface area contributed by atoms with Crippen LogP contribution in [-0.4, -0.2) is 29.1 Å². The average Bonchev–Trinajstić information content (AvgIpc) is 2.18. The number of nitrogens with one attached hydrogen (secondary N) is 1. The quantitative estimate of drug-likeness (QED) is 0.664. The van der Waals surface area contributed by atoms with Crippen molar-refractivity contribution < 1.29 is 23.8 Å². The summed E-state index contributed by atoms with van der Waals surface area (Å²) >= 11 is 0. The number of halogens is 2. The van der Waals surface area contributed by atoms with Crippen LogP contribution in [0.15, 0.2) is 18.2 Å². The SMILES string of the molecule is O=C(NCC(F)F)c1cccc(O)c1O. The topological polar surface area (TPSA) is 69.6 Å². The second-order valence-electron chi connectivity index (χ2n) is 2.77. The molecule has 0 aromatic heterocycles. The van der Waals surface area contributed by atoms with E-state index >= 15 is 0 Å². The lowest BCUT2D eigenvalue weighted by molar-refractivity contribution is 0.0888. The number of carbonyl (C=O) groups is 1. The minimum absolute atomic E-state index is 0.240. The highest BCUT2D eigenvalue weighted by atomic mass is 19.3. The van der Waals surface area contributed by atoms with Gasteiger partial charge in [-0.3, -0.25) is 4.79 Å². The van der Waals surface area contributed by atoms with Gasteiger partial charge in [0, 0.05) is 0 Å². The number of amides is 1. The maximum atomic E-state index is 11.8.